The van der Waals surface area contributed by atoms with Crippen molar-refractivity contribution in [2.24, 2.45) is 0 Å². The third kappa shape index (κ3) is 2.44. The van der Waals surface area contributed by atoms with Gasteiger partial charge >= 0.3 is 5.97 Å². The van der Waals surface area contributed by atoms with Crippen LogP contribution in [0.15, 0.2) is 24.3 Å². The van der Waals surface area contributed by atoms with Gasteiger partial charge in [0.05, 0.1) is 22.2 Å². The molecular weight excluding hydrogens is 278 g/mol. The van der Waals surface area contributed by atoms with Gasteiger partial charge in [-0.2, -0.15) is 0 Å². The molecule has 98 valence electrons. The predicted octanol–water partition coefficient (Wildman–Crippen LogP) is 1.39. The number of hydrogen-bond acceptors (Lipinski definition) is 4. The highest BCUT2D eigenvalue weighted by molar-refractivity contribution is 7.91. The van der Waals surface area contributed by atoms with E-state index in [4.69, 9.17) is 11.6 Å². The second-order valence-electron chi connectivity index (χ2n) is 4.33. The van der Waals surface area contributed by atoms with E-state index in [1.807, 2.05) is 0 Å². The van der Waals surface area contributed by atoms with E-state index < -0.39 is 27.1 Å². The highest BCUT2D eigenvalue weighted by atomic mass is 35.5. The van der Waals surface area contributed by atoms with Crippen LogP contribution in [-0.4, -0.2) is 36.5 Å². The number of nitrogens with one attached hydrogen (secondary N) is 1. The standard InChI is InChI=1S/C11H12ClNO4S/c12-8-3-1-2-4-9(8)13-11(10(14)15)5-6-18(16,17)7-11/h1-4,13H,5-7H2,(H,14,15). The minimum Gasteiger partial charge on any atom is -0.479 e. The topological polar surface area (TPSA) is 83.5 Å². The molecule has 1 aliphatic heterocycles. The Hall–Kier alpha value is -1.27. The Balaban J connectivity index is 2.35. The van der Waals surface area contributed by atoms with Crippen LogP contribution >= 0.6 is 11.6 Å². The zero-order chi connectivity index (χ0) is 13.4. The van der Waals surface area contributed by atoms with E-state index in [0.717, 1.165) is 0 Å². The summed E-state index contributed by atoms with van der Waals surface area (Å²) in [6, 6.07) is 6.65. The molecule has 0 radical (unpaired) electrons. The maximum absolute atomic E-state index is 11.5. The third-order valence-corrected chi connectivity index (χ3v) is 5.05. The van der Waals surface area contributed by atoms with Gasteiger partial charge in [0.1, 0.15) is 0 Å². The molecule has 7 heteroatoms. The fourth-order valence-corrected chi connectivity index (χ4v) is 4.07. The number of anilines is 1. The molecule has 0 bridgehead atoms. The lowest BCUT2D eigenvalue weighted by atomic mass is 9.99. The molecule has 0 spiro atoms. The number of carboxylic acid groups (broad SMARTS) is 1. The summed E-state index contributed by atoms with van der Waals surface area (Å²) >= 11 is 5.94. The van der Waals surface area contributed by atoms with Gasteiger partial charge in [0.2, 0.25) is 0 Å². The Morgan fingerprint density at radius 1 is 1.39 bits per heavy atom. The number of halogens is 1. The zero-order valence-corrected chi connectivity index (χ0v) is 11.0. The number of rotatable bonds is 3. The van der Waals surface area contributed by atoms with E-state index in [9.17, 15) is 18.3 Å². The summed E-state index contributed by atoms with van der Waals surface area (Å²) in [6.07, 6.45) is 0.0376. The first-order valence-corrected chi connectivity index (χ1v) is 7.51. The molecule has 0 aromatic heterocycles. The van der Waals surface area contributed by atoms with Crippen molar-refractivity contribution in [2.75, 3.05) is 16.8 Å². The number of sulfone groups is 1. The van der Waals surface area contributed by atoms with Crippen LogP contribution in [0.25, 0.3) is 0 Å². The van der Waals surface area contributed by atoms with Gasteiger partial charge in [0.25, 0.3) is 0 Å². The molecule has 1 saturated heterocycles. The van der Waals surface area contributed by atoms with Crippen LogP contribution in [0.4, 0.5) is 5.69 Å². The van der Waals surface area contributed by atoms with Gasteiger partial charge in [-0.3, -0.25) is 0 Å². The first-order chi connectivity index (χ1) is 8.35. The van der Waals surface area contributed by atoms with Crippen LogP contribution in [0.5, 0.6) is 0 Å². The number of hydrogen-bond donors (Lipinski definition) is 2. The maximum Gasteiger partial charge on any atom is 0.330 e. The van der Waals surface area contributed by atoms with Gasteiger partial charge in [-0.05, 0) is 18.6 Å². The first kappa shape index (κ1) is 13.2. The van der Waals surface area contributed by atoms with E-state index in [-0.39, 0.29) is 12.2 Å². The molecule has 0 amide bonds. The van der Waals surface area contributed by atoms with Gasteiger partial charge < -0.3 is 10.4 Å². The minimum absolute atomic E-state index is 0.0376. The highest BCUT2D eigenvalue weighted by Crippen LogP contribution is 2.31. The van der Waals surface area contributed by atoms with Crippen molar-refractivity contribution in [3.63, 3.8) is 0 Å². The van der Waals surface area contributed by atoms with E-state index >= 15 is 0 Å². The van der Waals surface area contributed by atoms with Crippen LogP contribution in [0.3, 0.4) is 0 Å². The molecule has 1 unspecified atom stereocenters. The van der Waals surface area contributed by atoms with E-state index in [1.54, 1.807) is 24.3 Å². The lowest BCUT2D eigenvalue weighted by Crippen LogP contribution is -2.47. The molecule has 1 fully saturated rings. The average molecular weight is 290 g/mol. The minimum atomic E-state index is -3.32. The zero-order valence-electron chi connectivity index (χ0n) is 9.39. The van der Waals surface area contributed by atoms with Crippen molar-refractivity contribution < 1.29 is 18.3 Å². The lowest BCUT2D eigenvalue weighted by molar-refractivity contribution is -0.141. The predicted molar refractivity (Wildman–Crippen MR) is 68.7 cm³/mol. The lowest BCUT2D eigenvalue weighted by Gasteiger charge is -2.25. The maximum atomic E-state index is 11.5. The van der Waals surface area contributed by atoms with Crippen molar-refractivity contribution in [3.8, 4) is 0 Å². The summed E-state index contributed by atoms with van der Waals surface area (Å²) in [7, 11) is -3.32. The van der Waals surface area contributed by atoms with Crippen LogP contribution < -0.4 is 5.32 Å². The monoisotopic (exact) mass is 289 g/mol. The van der Waals surface area contributed by atoms with E-state index in [0.29, 0.717) is 10.7 Å². The van der Waals surface area contributed by atoms with Crippen LogP contribution in [-0.2, 0) is 14.6 Å². The SMILES string of the molecule is O=C(O)C1(Nc2ccccc2Cl)CCS(=O)(=O)C1. The molecular formula is C11H12ClNO4S. The second-order valence-corrected chi connectivity index (χ2v) is 6.93. The van der Waals surface area contributed by atoms with E-state index in [2.05, 4.69) is 5.32 Å². The largest absolute Gasteiger partial charge is 0.479 e. The molecule has 2 N–H and O–H groups in total. The Morgan fingerprint density at radius 2 is 2.06 bits per heavy atom. The van der Waals surface area contributed by atoms with E-state index in [1.165, 1.54) is 0 Å². The van der Waals surface area contributed by atoms with Crippen molar-refractivity contribution in [1.29, 1.82) is 0 Å². The number of para-hydroxylation sites is 1. The normalized spacial score (nSPS) is 25.8. The summed E-state index contributed by atoms with van der Waals surface area (Å²) in [5, 5.41) is 12.4. The molecule has 1 aromatic rings. The summed E-state index contributed by atoms with van der Waals surface area (Å²) < 4.78 is 23.0. The quantitative estimate of drug-likeness (QED) is 0.878. The van der Waals surface area contributed by atoms with Crippen LogP contribution in [0.1, 0.15) is 6.42 Å². The summed E-state index contributed by atoms with van der Waals surface area (Å²) in [5.74, 6) is -1.72. The Labute approximate surface area is 110 Å². The fourth-order valence-electron chi connectivity index (χ4n) is 1.99. The van der Waals surface area contributed by atoms with Gasteiger partial charge in [-0.15, -0.1) is 0 Å². The number of aliphatic carboxylic acids is 1. The van der Waals surface area contributed by atoms with Crippen LogP contribution in [0.2, 0.25) is 5.02 Å². The fraction of sp³-hybridized carbons (Fsp3) is 0.364. The molecule has 5 nitrogen and oxygen atoms in total. The van der Waals surface area contributed by atoms with Crippen molar-refractivity contribution >= 4 is 33.1 Å². The number of carbonyl (C=O) groups is 1. The van der Waals surface area contributed by atoms with Crippen molar-refractivity contribution in [3.05, 3.63) is 29.3 Å². The molecule has 1 atom stereocenters. The van der Waals surface area contributed by atoms with Gasteiger partial charge in [-0.25, -0.2) is 13.2 Å². The Bertz CT molecular complexity index is 586. The van der Waals surface area contributed by atoms with Crippen LogP contribution in [0, 0.1) is 0 Å². The second kappa shape index (κ2) is 4.44. The molecule has 1 aliphatic rings. The summed E-state index contributed by atoms with van der Waals surface area (Å²) in [4.78, 5) is 11.4. The third-order valence-electron chi connectivity index (χ3n) is 2.96. The smallest absolute Gasteiger partial charge is 0.330 e. The molecule has 1 heterocycles. The highest BCUT2D eigenvalue weighted by Gasteiger charge is 2.48. The molecule has 1 aromatic carbocycles. The number of benzene rings is 1. The van der Waals surface area contributed by atoms with Gasteiger partial charge in [0, 0.05) is 0 Å². The summed E-state index contributed by atoms with van der Waals surface area (Å²) in [6.45, 7) is 0. The molecule has 2 rings (SSSR count). The molecule has 0 aliphatic carbocycles. The van der Waals surface area contributed by atoms with Gasteiger partial charge in [-0.1, -0.05) is 23.7 Å². The number of carboxylic acids is 1. The average Bonchev–Trinajstić information content (AvgIpc) is 2.59. The Kier molecular flexibility index (Phi) is 3.25. The molecule has 0 saturated carbocycles. The molecule has 18 heavy (non-hydrogen) atoms. The Morgan fingerprint density at radius 3 is 2.56 bits per heavy atom. The first-order valence-electron chi connectivity index (χ1n) is 5.31. The van der Waals surface area contributed by atoms with Crippen molar-refractivity contribution in [2.45, 2.75) is 12.0 Å². The summed E-state index contributed by atoms with van der Waals surface area (Å²) in [5.41, 5.74) is -1.05. The van der Waals surface area contributed by atoms with Gasteiger partial charge in [0.15, 0.2) is 15.4 Å². The van der Waals surface area contributed by atoms with Crippen molar-refractivity contribution in [1.82, 2.24) is 0 Å².